The van der Waals surface area contributed by atoms with Crippen molar-refractivity contribution >= 4 is 0 Å². The van der Waals surface area contributed by atoms with Crippen molar-refractivity contribution < 1.29 is 9.47 Å². The average molecular weight is 249 g/mol. The average Bonchev–Trinajstić information content (AvgIpc) is 2.36. The lowest BCUT2D eigenvalue weighted by atomic mass is 9.96. The highest BCUT2D eigenvalue weighted by atomic mass is 16.5. The Morgan fingerprint density at radius 3 is 2.44 bits per heavy atom. The van der Waals surface area contributed by atoms with Crippen molar-refractivity contribution in [1.82, 2.24) is 0 Å². The van der Waals surface area contributed by atoms with E-state index in [2.05, 4.69) is 10.0 Å². The molecular weight excluding hydrogens is 230 g/mol. The molecule has 0 aliphatic carbocycles. The number of methoxy groups -OCH3 is 2. The zero-order valence-electron chi connectivity index (χ0n) is 11.3. The first-order chi connectivity index (χ1) is 8.52. The lowest BCUT2D eigenvalue weighted by Gasteiger charge is -2.17. The van der Waals surface area contributed by atoms with Gasteiger partial charge in [-0.15, -0.1) is 0 Å². The molecule has 5 nitrogen and oxygen atoms in total. The first-order valence-corrected chi connectivity index (χ1v) is 5.79. The second-order valence-corrected chi connectivity index (χ2v) is 4.69. The number of nitrogens with zero attached hydrogens (tertiary/aromatic N) is 3. The Bertz CT molecular complexity index is 452. The molecule has 98 valence electrons. The van der Waals surface area contributed by atoms with Gasteiger partial charge in [0.1, 0.15) is 0 Å². The van der Waals surface area contributed by atoms with Gasteiger partial charge in [-0.25, -0.2) is 0 Å². The van der Waals surface area contributed by atoms with Crippen LogP contribution in [0, 0.1) is 0 Å². The maximum absolute atomic E-state index is 8.47. The van der Waals surface area contributed by atoms with E-state index in [1.54, 1.807) is 14.2 Å². The van der Waals surface area contributed by atoms with E-state index in [4.69, 9.17) is 15.0 Å². The smallest absolute Gasteiger partial charge is 0.160 e. The van der Waals surface area contributed by atoms with E-state index in [0.717, 1.165) is 29.9 Å². The quantitative estimate of drug-likeness (QED) is 0.438. The molecule has 0 saturated carbocycles. The molecule has 0 amide bonds. The van der Waals surface area contributed by atoms with Crippen molar-refractivity contribution in [2.75, 3.05) is 14.2 Å². The Morgan fingerprint density at radius 1 is 1.22 bits per heavy atom. The second kappa shape index (κ2) is 6.17. The minimum atomic E-state index is -0.373. The number of azide groups is 1. The SMILES string of the molecule is COc1ccc(CCC(C)(C)N=[N+]=[N-])cc1OC. The molecule has 1 rings (SSSR count). The molecule has 0 fully saturated rings. The topological polar surface area (TPSA) is 67.2 Å². The summed E-state index contributed by atoms with van der Waals surface area (Å²) in [4.78, 5) is 2.86. The van der Waals surface area contributed by atoms with E-state index in [9.17, 15) is 0 Å². The van der Waals surface area contributed by atoms with Crippen LogP contribution in [0.3, 0.4) is 0 Å². The second-order valence-electron chi connectivity index (χ2n) is 4.69. The third-order valence-corrected chi connectivity index (χ3v) is 2.79. The fourth-order valence-corrected chi connectivity index (χ4v) is 1.66. The van der Waals surface area contributed by atoms with Crippen molar-refractivity contribution in [2.24, 2.45) is 5.11 Å². The normalized spacial score (nSPS) is 10.7. The number of hydrogen-bond acceptors (Lipinski definition) is 3. The summed E-state index contributed by atoms with van der Waals surface area (Å²) in [6.45, 7) is 3.85. The summed E-state index contributed by atoms with van der Waals surface area (Å²) < 4.78 is 10.4. The van der Waals surface area contributed by atoms with Gasteiger partial charge in [-0.2, -0.15) is 0 Å². The molecule has 0 aliphatic heterocycles. The summed E-state index contributed by atoms with van der Waals surface area (Å²) >= 11 is 0. The summed E-state index contributed by atoms with van der Waals surface area (Å²) in [6.07, 6.45) is 1.61. The van der Waals surface area contributed by atoms with Gasteiger partial charge in [0.25, 0.3) is 0 Å². The third-order valence-electron chi connectivity index (χ3n) is 2.79. The Labute approximate surface area is 107 Å². The minimum absolute atomic E-state index is 0.373. The molecule has 0 unspecified atom stereocenters. The van der Waals surface area contributed by atoms with Crippen molar-refractivity contribution in [3.05, 3.63) is 34.2 Å². The highest BCUT2D eigenvalue weighted by Crippen LogP contribution is 2.29. The molecule has 0 aliphatic rings. The molecule has 0 radical (unpaired) electrons. The fraction of sp³-hybridized carbons (Fsp3) is 0.538. The van der Waals surface area contributed by atoms with Crippen LogP contribution in [0.25, 0.3) is 10.4 Å². The summed E-state index contributed by atoms with van der Waals surface area (Å²) in [5.74, 6) is 1.44. The zero-order chi connectivity index (χ0) is 13.6. The van der Waals surface area contributed by atoms with Crippen molar-refractivity contribution in [3.8, 4) is 11.5 Å². The van der Waals surface area contributed by atoms with Crippen LogP contribution < -0.4 is 9.47 Å². The van der Waals surface area contributed by atoms with Gasteiger partial charge >= 0.3 is 0 Å². The van der Waals surface area contributed by atoms with Gasteiger partial charge < -0.3 is 9.47 Å². The Kier molecular flexibility index (Phi) is 4.86. The molecule has 0 spiro atoms. The largest absolute Gasteiger partial charge is 0.493 e. The molecule has 0 aromatic heterocycles. The summed E-state index contributed by atoms with van der Waals surface area (Å²) in [5.41, 5.74) is 9.23. The van der Waals surface area contributed by atoms with Gasteiger partial charge in [0.15, 0.2) is 11.5 Å². The molecule has 1 aromatic rings. The predicted molar refractivity (Wildman–Crippen MR) is 71.1 cm³/mol. The van der Waals surface area contributed by atoms with E-state index < -0.39 is 0 Å². The lowest BCUT2D eigenvalue weighted by molar-refractivity contribution is 0.354. The molecule has 18 heavy (non-hydrogen) atoms. The molecule has 5 heteroatoms. The predicted octanol–water partition coefficient (Wildman–Crippen LogP) is 3.73. The Balaban J connectivity index is 2.77. The summed E-state index contributed by atoms with van der Waals surface area (Å²) in [6, 6.07) is 5.83. The van der Waals surface area contributed by atoms with Crippen LogP contribution in [0.2, 0.25) is 0 Å². The molecule has 0 atom stereocenters. The lowest BCUT2D eigenvalue weighted by Crippen LogP contribution is -2.16. The minimum Gasteiger partial charge on any atom is -0.493 e. The molecule has 0 bridgehead atoms. The number of hydrogen-bond donors (Lipinski definition) is 0. The molecule has 0 heterocycles. The highest BCUT2D eigenvalue weighted by molar-refractivity contribution is 5.42. The molecular formula is C13H19N3O2. The van der Waals surface area contributed by atoms with E-state index in [0.29, 0.717) is 0 Å². The number of rotatable bonds is 6. The van der Waals surface area contributed by atoms with Gasteiger partial charge in [0, 0.05) is 10.5 Å². The molecule has 0 N–H and O–H groups in total. The van der Waals surface area contributed by atoms with Gasteiger partial charge in [-0.3, -0.25) is 0 Å². The van der Waals surface area contributed by atoms with Gasteiger partial charge in [0.05, 0.1) is 14.2 Å². The van der Waals surface area contributed by atoms with Crippen molar-refractivity contribution in [1.29, 1.82) is 0 Å². The monoisotopic (exact) mass is 249 g/mol. The number of benzene rings is 1. The standard InChI is InChI=1S/C13H19N3O2/c1-13(2,15-16-14)8-7-10-5-6-11(17-3)12(9-10)18-4/h5-6,9H,7-8H2,1-4H3. The van der Waals surface area contributed by atoms with Crippen molar-refractivity contribution in [3.63, 3.8) is 0 Å². The third kappa shape index (κ3) is 3.86. The number of ether oxygens (including phenoxy) is 2. The summed E-state index contributed by atoms with van der Waals surface area (Å²) in [5, 5.41) is 3.77. The Morgan fingerprint density at radius 2 is 1.89 bits per heavy atom. The molecule has 0 saturated heterocycles. The van der Waals surface area contributed by atoms with Gasteiger partial charge in [0.2, 0.25) is 0 Å². The first kappa shape index (κ1) is 14.2. The summed E-state index contributed by atoms with van der Waals surface area (Å²) in [7, 11) is 3.23. The van der Waals surface area contributed by atoms with Crippen molar-refractivity contribution in [2.45, 2.75) is 32.2 Å². The zero-order valence-corrected chi connectivity index (χ0v) is 11.3. The van der Waals surface area contributed by atoms with E-state index in [1.807, 2.05) is 32.0 Å². The van der Waals surface area contributed by atoms with Crippen LogP contribution in [0.4, 0.5) is 0 Å². The van der Waals surface area contributed by atoms with E-state index >= 15 is 0 Å². The van der Waals surface area contributed by atoms with Crippen LogP contribution in [-0.4, -0.2) is 19.8 Å². The van der Waals surface area contributed by atoms with Crippen LogP contribution in [0.15, 0.2) is 23.3 Å². The van der Waals surface area contributed by atoms with Gasteiger partial charge in [-0.05, 0) is 36.1 Å². The van der Waals surface area contributed by atoms with Crippen LogP contribution >= 0.6 is 0 Å². The first-order valence-electron chi connectivity index (χ1n) is 5.79. The van der Waals surface area contributed by atoms with Crippen LogP contribution in [0.1, 0.15) is 25.8 Å². The van der Waals surface area contributed by atoms with Crippen LogP contribution in [0.5, 0.6) is 11.5 Å². The maximum atomic E-state index is 8.47. The fourth-order valence-electron chi connectivity index (χ4n) is 1.66. The van der Waals surface area contributed by atoms with Gasteiger partial charge in [-0.1, -0.05) is 25.0 Å². The maximum Gasteiger partial charge on any atom is 0.160 e. The molecule has 1 aromatic carbocycles. The number of aryl methyl sites for hydroxylation is 1. The van der Waals surface area contributed by atoms with Crippen LogP contribution in [-0.2, 0) is 6.42 Å². The van der Waals surface area contributed by atoms with E-state index in [-0.39, 0.29) is 5.54 Å². The van der Waals surface area contributed by atoms with E-state index in [1.165, 1.54) is 0 Å². The highest BCUT2D eigenvalue weighted by Gasteiger charge is 2.15. The Hall–Kier alpha value is -1.87.